The summed E-state index contributed by atoms with van der Waals surface area (Å²) in [6, 6.07) is 3.33. The standard InChI is InChI=1S/C14H13F3O2/c1-13(2)8-9(5-6-18)11-4-3-10(14(15,16)17)7-12(11)19-13/h3-7H,8H2,1-2H3. The van der Waals surface area contributed by atoms with Crippen molar-refractivity contribution in [3.63, 3.8) is 0 Å². The zero-order valence-corrected chi connectivity index (χ0v) is 10.5. The van der Waals surface area contributed by atoms with Crippen molar-refractivity contribution in [2.75, 3.05) is 0 Å². The zero-order valence-electron chi connectivity index (χ0n) is 10.5. The van der Waals surface area contributed by atoms with Crippen molar-refractivity contribution in [2.24, 2.45) is 0 Å². The van der Waals surface area contributed by atoms with E-state index in [1.807, 2.05) is 0 Å². The van der Waals surface area contributed by atoms with E-state index in [0.717, 1.165) is 12.1 Å². The van der Waals surface area contributed by atoms with Gasteiger partial charge in [-0.05, 0) is 37.6 Å². The Kier molecular flexibility index (Phi) is 3.16. The minimum atomic E-state index is -4.41. The fraction of sp³-hybridized carbons (Fsp3) is 0.357. The molecule has 19 heavy (non-hydrogen) atoms. The van der Waals surface area contributed by atoms with Crippen molar-refractivity contribution in [3.05, 3.63) is 35.4 Å². The van der Waals surface area contributed by atoms with E-state index in [9.17, 15) is 18.0 Å². The number of fused-ring (bicyclic) bond motifs is 1. The molecule has 2 nitrogen and oxygen atoms in total. The van der Waals surface area contributed by atoms with Crippen LogP contribution >= 0.6 is 0 Å². The number of alkyl halides is 3. The molecule has 0 radical (unpaired) electrons. The van der Waals surface area contributed by atoms with Gasteiger partial charge in [0.05, 0.1) is 5.56 Å². The van der Waals surface area contributed by atoms with Gasteiger partial charge in [-0.25, -0.2) is 0 Å². The second-order valence-corrected chi connectivity index (χ2v) is 5.08. The molecule has 1 aliphatic heterocycles. The maximum absolute atomic E-state index is 12.7. The lowest BCUT2D eigenvalue weighted by atomic mass is 9.88. The summed E-state index contributed by atoms with van der Waals surface area (Å²) >= 11 is 0. The number of aldehydes is 1. The number of carbonyl (C=O) groups is 1. The van der Waals surface area contributed by atoms with Crippen LogP contribution in [0.25, 0.3) is 5.57 Å². The van der Waals surface area contributed by atoms with E-state index in [0.29, 0.717) is 23.8 Å². The van der Waals surface area contributed by atoms with Crippen molar-refractivity contribution in [2.45, 2.75) is 32.0 Å². The minimum absolute atomic E-state index is 0.166. The van der Waals surface area contributed by atoms with Crippen molar-refractivity contribution >= 4 is 11.9 Å². The lowest BCUT2D eigenvalue weighted by Crippen LogP contribution is -2.32. The Balaban J connectivity index is 2.55. The normalized spacial score (nSPS) is 19.7. The summed E-state index contributed by atoms with van der Waals surface area (Å²) in [6.07, 6.45) is -1.92. The molecule has 0 saturated carbocycles. The van der Waals surface area contributed by atoms with Gasteiger partial charge in [0.2, 0.25) is 0 Å². The van der Waals surface area contributed by atoms with Gasteiger partial charge in [0.15, 0.2) is 0 Å². The molecule has 1 aromatic carbocycles. The molecule has 5 heteroatoms. The average molecular weight is 270 g/mol. The Labute approximate surface area is 108 Å². The maximum Gasteiger partial charge on any atom is 0.416 e. The van der Waals surface area contributed by atoms with Crippen LogP contribution < -0.4 is 4.74 Å². The molecular weight excluding hydrogens is 257 g/mol. The Morgan fingerprint density at radius 2 is 2.00 bits per heavy atom. The Morgan fingerprint density at radius 1 is 1.32 bits per heavy atom. The molecule has 0 aromatic heterocycles. The molecule has 0 spiro atoms. The lowest BCUT2D eigenvalue weighted by Gasteiger charge is -2.34. The third kappa shape index (κ3) is 2.80. The molecule has 1 aromatic rings. The quantitative estimate of drug-likeness (QED) is 0.572. The Bertz CT molecular complexity index is 542. The summed E-state index contributed by atoms with van der Waals surface area (Å²) < 4.78 is 43.6. The Hall–Kier alpha value is -1.78. The number of allylic oxidation sites excluding steroid dienone is 1. The van der Waals surface area contributed by atoms with Gasteiger partial charge in [0.25, 0.3) is 0 Å². The van der Waals surface area contributed by atoms with Gasteiger partial charge in [-0.15, -0.1) is 0 Å². The lowest BCUT2D eigenvalue weighted by molar-refractivity contribution is -0.137. The van der Waals surface area contributed by atoms with Crippen LogP contribution in [0.15, 0.2) is 24.3 Å². The highest BCUT2D eigenvalue weighted by molar-refractivity contribution is 5.84. The van der Waals surface area contributed by atoms with E-state index in [2.05, 4.69) is 0 Å². The summed E-state index contributed by atoms with van der Waals surface area (Å²) in [5, 5.41) is 0. The van der Waals surface area contributed by atoms with Gasteiger partial charge in [0, 0.05) is 12.0 Å². The molecule has 0 saturated heterocycles. The summed E-state index contributed by atoms with van der Waals surface area (Å²) in [4.78, 5) is 10.6. The first-order valence-electron chi connectivity index (χ1n) is 5.78. The van der Waals surface area contributed by atoms with Gasteiger partial charge < -0.3 is 4.74 Å². The van der Waals surface area contributed by atoms with Gasteiger partial charge in [-0.3, -0.25) is 4.79 Å². The smallest absolute Gasteiger partial charge is 0.416 e. The highest BCUT2D eigenvalue weighted by atomic mass is 19.4. The summed E-state index contributed by atoms with van der Waals surface area (Å²) in [5.41, 5.74) is -0.157. The first-order valence-corrected chi connectivity index (χ1v) is 5.78. The number of ether oxygens (including phenoxy) is 1. The summed E-state index contributed by atoms with van der Waals surface area (Å²) in [7, 11) is 0. The number of rotatable bonds is 1. The number of benzene rings is 1. The third-order valence-corrected chi connectivity index (χ3v) is 2.93. The van der Waals surface area contributed by atoms with Crippen molar-refractivity contribution in [1.29, 1.82) is 0 Å². The Morgan fingerprint density at radius 3 is 2.58 bits per heavy atom. The number of hydrogen-bond donors (Lipinski definition) is 0. The molecule has 2 rings (SSSR count). The van der Waals surface area contributed by atoms with Crippen molar-refractivity contribution < 1.29 is 22.7 Å². The highest BCUT2D eigenvalue weighted by Crippen LogP contribution is 2.42. The molecule has 0 atom stereocenters. The summed E-state index contributed by atoms with van der Waals surface area (Å²) in [5.74, 6) is 0.166. The van der Waals surface area contributed by atoms with E-state index >= 15 is 0 Å². The SMILES string of the molecule is CC1(C)CC(=CC=O)c2ccc(C(F)(F)F)cc2O1. The van der Waals surface area contributed by atoms with E-state index in [4.69, 9.17) is 4.74 Å². The molecule has 0 aliphatic carbocycles. The molecule has 0 amide bonds. The predicted octanol–water partition coefficient (Wildman–Crippen LogP) is 3.85. The van der Waals surface area contributed by atoms with Gasteiger partial charge in [-0.2, -0.15) is 13.2 Å². The molecule has 0 unspecified atom stereocenters. The van der Waals surface area contributed by atoms with Crippen LogP contribution in [0, 0.1) is 0 Å². The number of carbonyl (C=O) groups excluding carboxylic acids is 1. The minimum Gasteiger partial charge on any atom is -0.487 e. The van der Waals surface area contributed by atoms with Crippen molar-refractivity contribution in [3.8, 4) is 5.75 Å². The first kappa shape index (κ1) is 13.6. The van der Waals surface area contributed by atoms with Crippen LogP contribution in [-0.2, 0) is 11.0 Å². The number of halogens is 3. The van der Waals surface area contributed by atoms with Crippen LogP contribution in [0.5, 0.6) is 5.75 Å². The van der Waals surface area contributed by atoms with Gasteiger partial charge >= 0.3 is 6.18 Å². The largest absolute Gasteiger partial charge is 0.487 e. The fourth-order valence-corrected chi connectivity index (χ4v) is 2.17. The van der Waals surface area contributed by atoms with Crippen LogP contribution in [0.1, 0.15) is 31.4 Å². The average Bonchev–Trinajstić information content (AvgIpc) is 2.25. The monoisotopic (exact) mass is 270 g/mol. The fourth-order valence-electron chi connectivity index (χ4n) is 2.17. The molecule has 0 bridgehead atoms. The van der Waals surface area contributed by atoms with E-state index in [1.54, 1.807) is 13.8 Å². The molecule has 1 aliphatic rings. The summed E-state index contributed by atoms with van der Waals surface area (Å²) in [6.45, 7) is 3.55. The van der Waals surface area contributed by atoms with Crippen LogP contribution in [0.3, 0.4) is 0 Å². The third-order valence-electron chi connectivity index (χ3n) is 2.93. The van der Waals surface area contributed by atoms with E-state index in [1.165, 1.54) is 12.1 Å². The second-order valence-electron chi connectivity index (χ2n) is 5.08. The molecule has 0 N–H and O–H groups in total. The van der Waals surface area contributed by atoms with Crippen LogP contribution in [-0.4, -0.2) is 11.9 Å². The molecule has 102 valence electrons. The van der Waals surface area contributed by atoms with Gasteiger partial charge in [0.1, 0.15) is 17.6 Å². The predicted molar refractivity (Wildman–Crippen MR) is 64.8 cm³/mol. The second kappa shape index (κ2) is 4.40. The molecular formula is C14H13F3O2. The zero-order chi connectivity index (χ0) is 14.3. The molecule has 0 fully saturated rings. The molecule has 1 heterocycles. The van der Waals surface area contributed by atoms with Gasteiger partial charge in [-0.1, -0.05) is 6.07 Å². The highest BCUT2D eigenvalue weighted by Gasteiger charge is 2.35. The topological polar surface area (TPSA) is 26.3 Å². The van der Waals surface area contributed by atoms with Crippen LogP contribution in [0.4, 0.5) is 13.2 Å². The van der Waals surface area contributed by atoms with Crippen LogP contribution in [0.2, 0.25) is 0 Å². The van der Waals surface area contributed by atoms with E-state index in [-0.39, 0.29) is 5.75 Å². The van der Waals surface area contributed by atoms with E-state index < -0.39 is 17.3 Å². The van der Waals surface area contributed by atoms with Crippen molar-refractivity contribution in [1.82, 2.24) is 0 Å². The first-order chi connectivity index (χ1) is 8.73. The number of hydrogen-bond acceptors (Lipinski definition) is 2. The maximum atomic E-state index is 12.7.